The van der Waals surface area contributed by atoms with Gasteiger partial charge in [-0.25, -0.2) is 0 Å². The molecular weight excluding hydrogens is 841 g/mol. The van der Waals surface area contributed by atoms with Crippen molar-refractivity contribution in [1.29, 1.82) is 0 Å². The summed E-state index contributed by atoms with van der Waals surface area (Å²) in [6.45, 7) is 6.25. The lowest BCUT2D eigenvalue weighted by Gasteiger charge is -2.18. The van der Waals surface area contributed by atoms with Crippen molar-refractivity contribution in [2.24, 2.45) is 0 Å². The van der Waals surface area contributed by atoms with Gasteiger partial charge in [-0.05, 0) is 103 Å². The summed E-state index contributed by atoms with van der Waals surface area (Å²) in [6, 6.07) is 0. The van der Waals surface area contributed by atoms with Crippen molar-refractivity contribution in [2.45, 2.75) is 200 Å². The maximum Gasteiger partial charge on any atom is 0.306 e. The van der Waals surface area contributed by atoms with E-state index < -0.39 is 12.1 Å². The lowest BCUT2D eigenvalue weighted by Crippen LogP contribution is -2.30. The summed E-state index contributed by atoms with van der Waals surface area (Å²) < 4.78 is 16.7. The van der Waals surface area contributed by atoms with Crippen LogP contribution < -0.4 is 0 Å². The number of allylic oxidation sites excluding steroid dienone is 26. The SMILES string of the molecule is CC\C=C/C=C\C=C/C=C\C=C\C=C/C=C\CCCCCC(=O)OCC(COC(=O)CCCCC/C=C\CCCCCCCCC)OC(=O)CCC/C=C\C/C=C\C/C=C\C/C=C\C/C=C\CC. The minimum absolute atomic E-state index is 0.131. The summed E-state index contributed by atoms with van der Waals surface area (Å²) in [6.07, 6.45) is 79.4. The molecule has 6 heteroatoms. The second-order valence-electron chi connectivity index (χ2n) is 16.8. The molecule has 378 valence electrons. The topological polar surface area (TPSA) is 78.9 Å². The van der Waals surface area contributed by atoms with E-state index in [0.29, 0.717) is 19.3 Å². The molecule has 0 heterocycles. The summed E-state index contributed by atoms with van der Waals surface area (Å²) in [4.78, 5) is 38.0. The highest BCUT2D eigenvalue weighted by molar-refractivity contribution is 5.71. The number of hydrogen-bond donors (Lipinski definition) is 0. The van der Waals surface area contributed by atoms with Crippen molar-refractivity contribution in [3.8, 4) is 0 Å². The van der Waals surface area contributed by atoms with E-state index in [2.05, 4.69) is 106 Å². The molecule has 0 spiro atoms. The number of rotatable bonds is 45. The molecule has 0 bridgehead atoms. The van der Waals surface area contributed by atoms with E-state index >= 15 is 0 Å². The van der Waals surface area contributed by atoms with Gasteiger partial charge < -0.3 is 14.2 Å². The average Bonchev–Trinajstić information content (AvgIpc) is 3.34. The number of ether oxygens (including phenoxy) is 3. The normalized spacial score (nSPS) is 13.4. The Bertz CT molecular complexity index is 1590. The van der Waals surface area contributed by atoms with E-state index in [-0.39, 0.29) is 38.0 Å². The second kappa shape index (κ2) is 54.6. The molecule has 0 aromatic rings. The van der Waals surface area contributed by atoms with Gasteiger partial charge in [-0.2, -0.15) is 0 Å². The Hall–Kier alpha value is -4.97. The first kappa shape index (κ1) is 63.0. The largest absolute Gasteiger partial charge is 0.462 e. The third kappa shape index (κ3) is 52.0. The van der Waals surface area contributed by atoms with E-state index in [0.717, 1.165) is 96.3 Å². The molecule has 68 heavy (non-hydrogen) atoms. The van der Waals surface area contributed by atoms with Gasteiger partial charge in [0.1, 0.15) is 13.2 Å². The van der Waals surface area contributed by atoms with Crippen LogP contribution in [0.15, 0.2) is 158 Å². The van der Waals surface area contributed by atoms with Crippen LogP contribution in [0.3, 0.4) is 0 Å². The predicted octanol–water partition coefficient (Wildman–Crippen LogP) is 17.8. The van der Waals surface area contributed by atoms with Gasteiger partial charge in [-0.1, -0.05) is 230 Å². The van der Waals surface area contributed by atoms with E-state index in [1.54, 1.807) is 0 Å². The van der Waals surface area contributed by atoms with Gasteiger partial charge in [0.2, 0.25) is 0 Å². The second-order valence-corrected chi connectivity index (χ2v) is 16.8. The Labute approximate surface area is 416 Å². The lowest BCUT2D eigenvalue weighted by molar-refractivity contribution is -0.167. The number of esters is 3. The van der Waals surface area contributed by atoms with Crippen LogP contribution in [0.2, 0.25) is 0 Å². The minimum atomic E-state index is -0.841. The zero-order valence-corrected chi connectivity index (χ0v) is 43.0. The molecule has 0 aromatic carbocycles. The highest BCUT2D eigenvalue weighted by Crippen LogP contribution is 2.12. The van der Waals surface area contributed by atoms with Crippen molar-refractivity contribution in [3.05, 3.63) is 158 Å². The van der Waals surface area contributed by atoms with Crippen LogP contribution in [-0.4, -0.2) is 37.2 Å². The summed E-state index contributed by atoms with van der Waals surface area (Å²) in [7, 11) is 0. The Kier molecular flexibility index (Phi) is 50.6. The van der Waals surface area contributed by atoms with Crippen molar-refractivity contribution in [3.63, 3.8) is 0 Å². The lowest BCUT2D eigenvalue weighted by atomic mass is 10.1. The fourth-order valence-electron chi connectivity index (χ4n) is 6.51. The van der Waals surface area contributed by atoms with Crippen LogP contribution in [0.5, 0.6) is 0 Å². The summed E-state index contributed by atoms with van der Waals surface area (Å²) in [5.74, 6) is -1.06. The number of carbonyl (C=O) groups excluding carboxylic acids is 3. The first-order chi connectivity index (χ1) is 33.5. The van der Waals surface area contributed by atoms with Crippen molar-refractivity contribution < 1.29 is 28.6 Å². The minimum Gasteiger partial charge on any atom is -0.462 e. The van der Waals surface area contributed by atoms with Gasteiger partial charge >= 0.3 is 17.9 Å². The maximum absolute atomic E-state index is 12.8. The molecule has 1 unspecified atom stereocenters. The molecule has 0 radical (unpaired) electrons. The molecule has 0 amide bonds. The fraction of sp³-hybridized carbons (Fsp3) is 0.532. The molecule has 0 aliphatic rings. The monoisotopic (exact) mass is 935 g/mol. The third-order valence-corrected chi connectivity index (χ3v) is 10.4. The Morgan fingerprint density at radius 2 is 0.662 bits per heavy atom. The Balaban J connectivity index is 4.64. The van der Waals surface area contributed by atoms with E-state index in [1.165, 1.54) is 44.9 Å². The standard InChI is InChI=1S/C62H94O6/c1-4-7-10-13-16-19-22-25-28-30-31-33-34-37-40-43-46-49-52-55-61(64)67-58-59(57-66-60(63)54-51-48-45-42-39-36-27-24-21-18-15-12-9-6-3)68-62(65)56-53-50-47-44-41-38-35-32-29-26-23-20-17-14-11-8-5-2/h7-8,10-11,13,16-17,19-20,22,25-26,28-31,33-40,44,47,59H,4-6,9,12,14-15,18,21,23-24,27,32,41-43,45-46,48-58H2,1-3H3/b10-7-,11-8-,16-13-,20-17-,22-19-,28-25-,29-26-,31-30+,34-33-,38-35-,39-36-,40-37-,47-44-. The van der Waals surface area contributed by atoms with Gasteiger partial charge in [0.15, 0.2) is 6.10 Å². The fourth-order valence-corrected chi connectivity index (χ4v) is 6.51. The van der Waals surface area contributed by atoms with E-state index in [4.69, 9.17) is 14.2 Å². The van der Waals surface area contributed by atoms with Crippen molar-refractivity contribution >= 4 is 17.9 Å². The van der Waals surface area contributed by atoms with E-state index in [9.17, 15) is 14.4 Å². The van der Waals surface area contributed by atoms with Crippen molar-refractivity contribution in [2.75, 3.05) is 13.2 Å². The first-order valence-corrected chi connectivity index (χ1v) is 26.6. The average molecular weight is 935 g/mol. The highest BCUT2D eigenvalue weighted by atomic mass is 16.6. The molecule has 0 aliphatic heterocycles. The molecule has 0 saturated heterocycles. The Morgan fingerprint density at radius 1 is 0.324 bits per heavy atom. The molecule has 0 aliphatic carbocycles. The van der Waals surface area contributed by atoms with Gasteiger partial charge in [-0.15, -0.1) is 0 Å². The molecule has 0 rings (SSSR count). The zero-order valence-electron chi connectivity index (χ0n) is 43.0. The molecule has 0 aromatic heterocycles. The molecule has 0 N–H and O–H groups in total. The highest BCUT2D eigenvalue weighted by Gasteiger charge is 2.19. The van der Waals surface area contributed by atoms with Crippen LogP contribution in [0.25, 0.3) is 0 Å². The van der Waals surface area contributed by atoms with Crippen LogP contribution in [0.4, 0.5) is 0 Å². The van der Waals surface area contributed by atoms with Crippen LogP contribution in [-0.2, 0) is 28.6 Å². The van der Waals surface area contributed by atoms with Crippen LogP contribution in [0.1, 0.15) is 194 Å². The molecule has 1 atom stereocenters. The Morgan fingerprint density at radius 3 is 1.13 bits per heavy atom. The quantitative estimate of drug-likeness (QED) is 0.0199. The van der Waals surface area contributed by atoms with Gasteiger partial charge in [0, 0.05) is 19.3 Å². The smallest absolute Gasteiger partial charge is 0.306 e. The van der Waals surface area contributed by atoms with Crippen molar-refractivity contribution in [1.82, 2.24) is 0 Å². The molecule has 0 fully saturated rings. The molecule has 0 saturated carbocycles. The van der Waals surface area contributed by atoms with Crippen LogP contribution in [0, 0.1) is 0 Å². The zero-order chi connectivity index (χ0) is 49.3. The molecule has 6 nitrogen and oxygen atoms in total. The van der Waals surface area contributed by atoms with Gasteiger partial charge in [0.25, 0.3) is 0 Å². The van der Waals surface area contributed by atoms with Gasteiger partial charge in [0.05, 0.1) is 0 Å². The summed E-state index contributed by atoms with van der Waals surface area (Å²) in [5.41, 5.74) is 0. The number of carbonyl (C=O) groups is 3. The van der Waals surface area contributed by atoms with Crippen LogP contribution >= 0.6 is 0 Å². The number of hydrogen-bond acceptors (Lipinski definition) is 6. The maximum atomic E-state index is 12.8. The van der Waals surface area contributed by atoms with E-state index in [1.807, 2.05) is 72.9 Å². The summed E-state index contributed by atoms with van der Waals surface area (Å²) >= 11 is 0. The first-order valence-electron chi connectivity index (χ1n) is 26.6. The van der Waals surface area contributed by atoms with Gasteiger partial charge in [-0.3, -0.25) is 14.4 Å². The third-order valence-electron chi connectivity index (χ3n) is 10.4. The number of unbranched alkanes of at least 4 members (excludes halogenated alkanes) is 14. The predicted molar refractivity (Wildman–Crippen MR) is 292 cm³/mol. The molecular formula is C62H94O6. The summed E-state index contributed by atoms with van der Waals surface area (Å²) in [5, 5.41) is 0.